The van der Waals surface area contributed by atoms with Crippen LogP contribution in [0, 0.1) is 0 Å². The Morgan fingerprint density at radius 2 is 1.95 bits per heavy atom. The number of nitrogens with one attached hydrogen (secondary N) is 1. The molecule has 4 heteroatoms. The average molecular weight is 284 g/mol. The molecule has 1 aliphatic rings. The van der Waals surface area contributed by atoms with Gasteiger partial charge in [-0.1, -0.05) is 37.8 Å². The van der Waals surface area contributed by atoms with Gasteiger partial charge in [-0.25, -0.2) is 4.98 Å². The highest BCUT2D eigenvalue weighted by atomic mass is 16.3. The van der Waals surface area contributed by atoms with Crippen LogP contribution in [0.4, 0.5) is 0 Å². The second kappa shape index (κ2) is 6.57. The fourth-order valence-corrected chi connectivity index (χ4v) is 2.78. The van der Waals surface area contributed by atoms with Gasteiger partial charge >= 0.3 is 0 Å². The van der Waals surface area contributed by atoms with Crippen LogP contribution in [-0.4, -0.2) is 16.9 Å². The summed E-state index contributed by atoms with van der Waals surface area (Å²) in [4.78, 5) is 16.3. The predicted octanol–water partition coefficient (Wildman–Crippen LogP) is 3.68. The molecule has 2 aromatic rings. The van der Waals surface area contributed by atoms with Crippen molar-refractivity contribution in [2.75, 3.05) is 0 Å². The van der Waals surface area contributed by atoms with Gasteiger partial charge < -0.3 is 9.73 Å². The average Bonchev–Trinajstić information content (AvgIpc) is 2.74. The van der Waals surface area contributed by atoms with E-state index in [-0.39, 0.29) is 5.91 Å². The molecule has 1 aliphatic carbocycles. The first-order chi connectivity index (χ1) is 10.3. The summed E-state index contributed by atoms with van der Waals surface area (Å²) in [6.07, 6.45) is 10.3. The number of carbonyl (C=O) groups excluding carboxylic acids is 1. The maximum atomic E-state index is 11.9. The molecule has 1 saturated carbocycles. The zero-order chi connectivity index (χ0) is 14.5. The summed E-state index contributed by atoms with van der Waals surface area (Å²) in [5.74, 6) is 0.399. The molecular formula is C17H20N2O2. The first-order valence-corrected chi connectivity index (χ1v) is 7.65. The van der Waals surface area contributed by atoms with E-state index in [0.29, 0.717) is 11.9 Å². The Bertz CT molecular complexity index is 604. The highest BCUT2D eigenvalue weighted by Crippen LogP contribution is 2.17. The van der Waals surface area contributed by atoms with E-state index in [2.05, 4.69) is 10.3 Å². The van der Waals surface area contributed by atoms with E-state index in [4.69, 9.17) is 4.42 Å². The summed E-state index contributed by atoms with van der Waals surface area (Å²) in [5.41, 5.74) is 1.54. The van der Waals surface area contributed by atoms with E-state index in [9.17, 15) is 4.79 Å². The van der Waals surface area contributed by atoms with Crippen LogP contribution in [0.2, 0.25) is 0 Å². The molecule has 0 saturated heterocycles. The molecule has 4 nitrogen and oxygen atoms in total. The fourth-order valence-electron chi connectivity index (χ4n) is 2.78. The first-order valence-electron chi connectivity index (χ1n) is 7.65. The standard InChI is InChI=1S/C17H20N2O2/c20-16(18-13-7-3-1-2-4-8-13)11-12-17-19-14-9-5-6-10-15(14)21-17/h5-6,9-13H,1-4,7-8H2,(H,18,20)/b12-11+. The normalized spacial score (nSPS) is 17.1. The summed E-state index contributed by atoms with van der Waals surface area (Å²) in [6, 6.07) is 7.89. The Labute approximate surface area is 124 Å². The number of carbonyl (C=O) groups is 1. The first kappa shape index (κ1) is 13.9. The van der Waals surface area contributed by atoms with Crippen LogP contribution in [0.5, 0.6) is 0 Å². The monoisotopic (exact) mass is 284 g/mol. The van der Waals surface area contributed by atoms with Gasteiger partial charge in [-0.15, -0.1) is 0 Å². The van der Waals surface area contributed by atoms with Gasteiger partial charge in [0.2, 0.25) is 11.8 Å². The smallest absolute Gasteiger partial charge is 0.244 e. The lowest BCUT2D eigenvalue weighted by atomic mass is 10.1. The van der Waals surface area contributed by atoms with Gasteiger partial charge in [0, 0.05) is 18.2 Å². The van der Waals surface area contributed by atoms with Gasteiger partial charge in [-0.3, -0.25) is 4.79 Å². The lowest BCUT2D eigenvalue weighted by molar-refractivity contribution is -0.117. The van der Waals surface area contributed by atoms with Crippen molar-refractivity contribution in [3.63, 3.8) is 0 Å². The lowest BCUT2D eigenvalue weighted by Gasteiger charge is -2.14. The number of oxazole rings is 1. The van der Waals surface area contributed by atoms with Gasteiger partial charge in [0.15, 0.2) is 5.58 Å². The van der Waals surface area contributed by atoms with Crippen LogP contribution in [-0.2, 0) is 4.79 Å². The van der Waals surface area contributed by atoms with Crippen LogP contribution in [0.15, 0.2) is 34.8 Å². The van der Waals surface area contributed by atoms with Crippen molar-refractivity contribution in [2.45, 2.75) is 44.6 Å². The van der Waals surface area contributed by atoms with E-state index >= 15 is 0 Å². The Morgan fingerprint density at radius 3 is 2.71 bits per heavy atom. The molecule has 110 valence electrons. The third kappa shape index (κ3) is 3.72. The van der Waals surface area contributed by atoms with Gasteiger partial charge in [0.05, 0.1) is 0 Å². The number of nitrogens with zero attached hydrogens (tertiary/aromatic N) is 1. The molecule has 3 rings (SSSR count). The zero-order valence-corrected chi connectivity index (χ0v) is 12.0. The van der Waals surface area contributed by atoms with E-state index in [1.807, 2.05) is 24.3 Å². The van der Waals surface area contributed by atoms with Crippen LogP contribution in [0.1, 0.15) is 44.4 Å². The number of hydrogen-bond acceptors (Lipinski definition) is 3. The number of para-hydroxylation sites is 2. The fraction of sp³-hybridized carbons (Fsp3) is 0.412. The molecule has 1 fully saturated rings. The molecule has 0 unspecified atom stereocenters. The molecule has 1 amide bonds. The molecule has 0 spiro atoms. The molecule has 0 aliphatic heterocycles. The van der Waals surface area contributed by atoms with Crippen molar-refractivity contribution in [1.29, 1.82) is 0 Å². The van der Waals surface area contributed by atoms with Crippen molar-refractivity contribution in [2.24, 2.45) is 0 Å². The summed E-state index contributed by atoms with van der Waals surface area (Å²) in [5, 5.41) is 3.07. The predicted molar refractivity (Wildman–Crippen MR) is 82.7 cm³/mol. The number of amides is 1. The second-order valence-corrected chi connectivity index (χ2v) is 5.55. The molecular weight excluding hydrogens is 264 g/mol. The Balaban J connectivity index is 1.60. The Kier molecular flexibility index (Phi) is 4.34. The molecule has 0 atom stereocenters. The Hall–Kier alpha value is -2.10. The zero-order valence-electron chi connectivity index (χ0n) is 12.0. The molecule has 21 heavy (non-hydrogen) atoms. The van der Waals surface area contributed by atoms with Crippen LogP contribution < -0.4 is 5.32 Å². The largest absolute Gasteiger partial charge is 0.437 e. The van der Waals surface area contributed by atoms with Gasteiger partial charge in [0.25, 0.3) is 0 Å². The van der Waals surface area contributed by atoms with E-state index in [1.165, 1.54) is 31.8 Å². The van der Waals surface area contributed by atoms with Gasteiger partial charge in [-0.05, 0) is 25.0 Å². The van der Waals surface area contributed by atoms with Crippen molar-refractivity contribution in [1.82, 2.24) is 10.3 Å². The Morgan fingerprint density at radius 1 is 1.19 bits per heavy atom. The number of hydrogen-bond donors (Lipinski definition) is 1. The quantitative estimate of drug-likeness (QED) is 0.691. The van der Waals surface area contributed by atoms with E-state index < -0.39 is 0 Å². The van der Waals surface area contributed by atoms with Gasteiger partial charge in [0.1, 0.15) is 5.52 Å². The van der Waals surface area contributed by atoms with Crippen molar-refractivity contribution < 1.29 is 9.21 Å². The maximum Gasteiger partial charge on any atom is 0.244 e. The van der Waals surface area contributed by atoms with Crippen LogP contribution in [0.3, 0.4) is 0 Å². The summed E-state index contributed by atoms with van der Waals surface area (Å²) in [6.45, 7) is 0. The SMILES string of the molecule is O=C(/C=C/c1nc2ccccc2o1)NC1CCCCCC1. The molecule has 1 heterocycles. The summed E-state index contributed by atoms with van der Waals surface area (Å²) >= 11 is 0. The molecule has 0 radical (unpaired) electrons. The summed E-state index contributed by atoms with van der Waals surface area (Å²) < 4.78 is 5.55. The number of rotatable bonds is 3. The maximum absolute atomic E-state index is 11.9. The highest BCUT2D eigenvalue weighted by molar-refractivity contribution is 5.91. The van der Waals surface area contributed by atoms with E-state index in [0.717, 1.165) is 23.9 Å². The minimum atomic E-state index is -0.0656. The molecule has 1 aromatic carbocycles. The lowest BCUT2D eigenvalue weighted by Crippen LogP contribution is -2.33. The molecule has 1 aromatic heterocycles. The van der Waals surface area contributed by atoms with Gasteiger partial charge in [-0.2, -0.15) is 0 Å². The van der Waals surface area contributed by atoms with Crippen molar-refractivity contribution in [3.8, 4) is 0 Å². The van der Waals surface area contributed by atoms with Crippen LogP contribution >= 0.6 is 0 Å². The number of aromatic nitrogens is 1. The minimum Gasteiger partial charge on any atom is -0.437 e. The molecule has 1 N–H and O–H groups in total. The third-order valence-electron chi connectivity index (χ3n) is 3.89. The van der Waals surface area contributed by atoms with Crippen molar-refractivity contribution in [3.05, 3.63) is 36.2 Å². The van der Waals surface area contributed by atoms with Crippen molar-refractivity contribution >= 4 is 23.1 Å². The molecule has 0 bridgehead atoms. The van der Waals surface area contributed by atoms with Crippen LogP contribution in [0.25, 0.3) is 17.2 Å². The topological polar surface area (TPSA) is 55.1 Å². The summed E-state index contributed by atoms with van der Waals surface area (Å²) in [7, 11) is 0. The number of fused-ring (bicyclic) bond motifs is 1. The second-order valence-electron chi connectivity index (χ2n) is 5.55. The number of benzene rings is 1. The minimum absolute atomic E-state index is 0.0656. The van der Waals surface area contributed by atoms with E-state index in [1.54, 1.807) is 6.08 Å². The third-order valence-corrected chi connectivity index (χ3v) is 3.89. The highest BCUT2D eigenvalue weighted by Gasteiger charge is 2.13.